The van der Waals surface area contributed by atoms with Crippen LogP contribution >= 0.6 is 0 Å². The summed E-state index contributed by atoms with van der Waals surface area (Å²) in [7, 11) is 1.89. The molecule has 0 amide bonds. The lowest BCUT2D eigenvalue weighted by atomic mass is 10.3. The Balaban J connectivity index is 2.11. The first kappa shape index (κ1) is 10.9. The lowest BCUT2D eigenvalue weighted by molar-refractivity contribution is 0.765. The van der Waals surface area contributed by atoms with Crippen LogP contribution in [0.5, 0.6) is 0 Å². The molecule has 3 aromatic rings. The maximum absolute atomic E-state index is 4.53. The van der Waals surface area contributed by atoms with E-state index >= 15 is 0 Å². The zero-order valence-corrected chi connectivity index (χ0v) is 10.0. The van der Waals surface area contributed by atoms with Crippen LogP contribution in [-0.4, -0.2) is 26.8 Å². The van der Waals surface area contributed by atoms with E-state index in [-0.39, 0.29) is 0 Å². The Morgan fingerprint density at radius 3 is 2.94 bits per heavy atom. The van der Waals surface area contributed by atoms with E-state index < -0.39 is 0 Å². The van der Waals surface area contributed by atoms with Crippen molar-refractivity contribution in [3.05, 3.63) is 48.5 Å². The molecule has 0 saturated carbocycles. The fraction of sp³-hybridized carbons (Fsp3) is 0.154. The molecule has 90 valence electrons. The van der Waals surface area contributed by atoms with Crippen LogP contribution in [0, 0.1) is 0 Å². The van der Waals surface area contributed by atoms with Gasteiger partial charge in [-0.2, -0.15) is 5.10 Å². The van der Waals surface area contributed by atoms with Crippen molar-refractivity contribution in [2.24, 2.45) is 0 Å². The second-order valence-electron chi connectivity index (χ2n) is 4.01. The van der Waals surface area contributed by atoms with Crippen molar-refractivity contribution in [3.8, 4) is 5.82 Å². The quantitative estimate of drug-likeness (QED) is 0.753. The number of benzene rings is 1. The Hall–Kier alpha value is -2.27. The van der Waals surface area contributed by atoms with Crippen molar-refractivity contribution in [3.63, 3.8) is 0 Å². The van der Waals surface area contributed by atoms with E-state index in [2.05, 4.69) is 20.4 Å². The maximum Gasteiger partial charge on any atom is 0.172 e. The first-order chi connectivity index (χ1) is 8.88. The van der Waals surface area contributed by atoms with Gasteiger partial charge in [0.15, 0.2) is 5.82 Å². The summed E-state index contributed by atoms with van der Waals surface area (Å²) in [5, 5.41) is 8.52. The van der Waals surface area contributed by atoms with Crippen LogP contribution in [0.2, 0.25) is 0 Å². The van der Waals surface area contributed by atoms with E-state index in [1.165, 1.54) is 0 Å². The molecule has 0 unspecified atom stereocenters. The van der Waals surface area contributed by atoms with Crippen molar-refractivity contribution < 1.29 is 0 Å². The van der Waals surface area contributed by atoms with Crippen molar-refractivity contribution in [1.82, 2.24) is 25.1 Å². The molecule has 18 heavy (non-hydrogen) atoms. The number of aromatic nitrogens is 4. The zero-order valence-electron chi connectivity index (χ0n) is 10.0. The molecule has 0 bridgehead atoms. The van der Waals surface area contributed by atoms with Crippen molar-refractivity contribution >= 4 is 10.9 Å². The summed E-state index contributed by atoms with van der Waals surface area (Å²) >= 11 is 0. The van der Waals surface area contributed by atoms with Crippen LogP contribution in [-0.2, 0) is 6.54 Å². The molecule has 0 atom stereocenters. The predicted octanol–water partition coefficient (Wildman–Crippen LogP) is 1.53. The van der Waals surface area contributed by atoms with Crippen LogP contribution in [0.3, 0.4) is 0 Å². The second kappa shape index (κ2) is 4.54. The van der Waals surface area contributed by atoms with Gasteiger partial charge in [-0.1, -0.05) is 18.2 Å². The molecule has 0 aliphatic carbocycles. The highest BCUT2D eigenvalue weighted by molar-refractivity contribution is 5.79. The average Bonchev–Trinajstić information content (AvgIpc) is 2.83. The SMILES string of the molecule is CNCc1cncc(-n2ncc3ccccc32)n1. The summed E-state index contributed by atoms with van der Waals surface area (Å²) in [5.41, 5.74) is 1.93. The molecule has 5 heteroatoms. The molecular weight excluding hydrogens is 226 g/mol. The molecule has 3 rings (SSSR count). The molecule has 0 fully saturated rings. The average molecular weight is 239 g/mol. The number of nitrogens with zero attached hydrogens (tertiary/aromatic N) is 4. The molecule has 1 N–H and O–H groups in total. The topological polar surface area (TPSA) is 55.6 Å². The van der Waals surface area contributed by atoms with Crippen molar-refractivity contribution in [2.75, 3.05) is 7.05 Å². The molecule has 0 spiro atoms. The van der Waals surface area contributed by atoms with E-state index in [1.54, 1.807) is 12.4 Å². The highest BCUT2D eigenvalue weighted by Gasteiger charge is 2.06. The fourth-order valence-corrected chi connectivity index (χ4v) is 1.92. The Morgan fingerprint density at radius 2 is 2.06 bits per heavy atom. The number of hydrogen-bond acceptors (Lipinski definition) is 4. The van der Waals surface area contributed by atoms with E-state index in [0.29, 0.717) is 6.54 Å². The molecule has 0 aliphatic heterocycles. The van der Waals surface area contributed by atoms with Gasteiger partial charge >= 0.3 is 0 Å². The van der Waals surface area contributed by atoms with Crippen LogP contribution in [0.25, 0.3) is 16.7 Å². The zero-order chi connectivity index (χ0) is 12.4. The molecule has 1 aromatic carbocycles. The lowest BCUT2D eigenvalue weighted by Crippen LogP contribution is -2.09. The molecule has 5 nitrogen and oxygen atoms in total. The van der Waals surface area contributed by atoms with Gasteiger partial charge in [0, 0.05) is 18.1 Å². The summed E-state index contributed by atoms with van der Waals surface area (Å²) < 4.78 is 1.81. The van der Waals surface area contributed by atoms with E-state index in [4.69, 9.17) is 0 Å². The minimum Gasteiger partial charge on any atom is -0.314 e. The largest absolute Gasteiger partial charge is 0.314 e. The van der Waals surface area contributed by atoms with Gasteiger partial charge in [0.1, 0.15) is 0 Å². The third kappa shape index (κ3) is 1.84. The standard InChI is InChI=1S/C13H13N5/c1-14-7-11-8-15-9-13(17-11)18-12-5-3-2-4-10(12)6-16-18/h2-6,8-9,14H,7H2,1H3. The van der Waals surface area contributed by atoms with Gasteiger partial charge < -0.3 is 5.32 Å². The summed E-state index contributed by atoms with van der Waals surface area (Å²) in [5.74, 6) is 0.740. The number of para-hydroxylation sites is 1. The third-order valence-corrected chi connectivity index (χ3v) is 2.72. The third-order valence-electron chi connectivity index (χ3n) is 2.72. The minimum atomic E-state index is 0.694. The predicted molar refractivity (Wildman–Crippen MR) is 69.4 cm³/mol. The summed E-state index contributed by atoms with van der Waals surface area (Å²) in [6.07, 6.45) is 5.31. The van der Waals surface area contributed by atoms with E-state index in [9.17, 15) is 0 Å². The summed E-state index contributed by atoms with van der Waals surface area (Å²) in [6, 6.07) is 8.04. The van der Waals surface area contributed by atoms with E-state index in [1.807, 2.05) is 42.2 Å². The molecule has 0 saturated heterocycles. The van der Waals surface area contributed by atoms with Crippen molar-refractivity contribution in [1.29, 1.82) is 0 Å². The maximum atomic E-state index is 4.53. The van der Waals surface area contributed by atoms with Gasteiger partial charge in [0.25, 0.3) is 0 Å². The summed E-state index contributed by atoms with van der Waals surface area (Å²) in [4.78, 5) is 8.73. The highest BCUT2D eigenvalue weighted by atomic mass is 15.3. The minimum absolute atomic E-state index is 0.694. The van der Waals surface area contributed by atoms with Crippen LogP contribution in [0.15, 0.2) is 42.9 Å². The first-order valence-electron chi connectivity index (χ1n) is 5.77. The number of nitrogens with one attached hydrogen (secondary N) is 1. The first-order valence-corrected chi connectivity index (χ1v) is 5.77. The Labute approximate surface area is 104 Å². The number of rotatable bonds is 3. The smallest absolute Gasteiger partial charge is 0.172 e. The molecule has 2 aromatic heterocycles. The van der Waals surface area contributed by atoms with Crippen LogP contribution < -0.4 is 5.32 Å². The van der Waals surface area contributed by atoms with Gasteiger partial charge in [-0.15, -0.1) is 0 Å². The normalized spacial score (nSPS) is 10.9. The molecule has 2 heterocycles. The highest BCUT2D eigenvalue weighted by Crippen LogP contribution is 2.16. The van der Waals surface area contributed by atoms with Gasteiger partial charge in [0.2, 0.25) is 0 Å². The Bertz CT molecular complexity index is 674. The molecule has 0 aliphatic rings. The summed E-state index contributed by atoms with van der Waals surface area (Å²) in [6.45, 7) is 0.694. The molecule has 0 radical (unpaired) electrons. The van der Waals surface area contributed by atoms with Crippen LogP contribution in [0.4, 0.5) is 0 Å². The van der Waals surface area contributed by atoms with Gasteiger partial charge in [0.05, 0.1) is 23.6 Å². The number of fused-ring (bicyclic) bond motifs is 1. The van der Waals surface area contributed by atoms with Gasteiger partial charge in [-0.05, 0) is 13.1 Å². The van der Waals surface area contributed by atoms with E-state index in [0.717, 1.165) is 22.4 Å². The monoisotopic (exact) mass is 239 g/mol. The van der Waals surface area contributed by atoms with Crippen LogP contribution in [0.1, 0.15) is 5.69 Å². The number of hydrogen-bond donors (Lipinski definition) is 1. The second-order valence-corrected chi connectivity index (χ2v) is 4.01. The Kier molecular flexibility index (Phi) is 2.74. The molecular formula is C13H13N5. The van der Waals surface area contributed by atoms with Gasteiger partial charge in [-0.25, -0.2) is 9.67 Å². The lowest BCUT2D eigenvalue weighted by Gasteiger charge is -2.04. The fourth-order valence-electron chi connectivity index (χ4n) is 1.92. The van der Waals surface area contributed by atoms with Gasteiger partial charge in [-0.3, -0.25) is 4.98 Å². The van der Waals surface area contributed by atoms with Crippen molar-refractivity contribution in [2.45, 2.75) is 6.54 Å². The Morgan fingerprint density at radius 1 is 1.17 bits per heavy atom.